The molecule has 1 aromatic carbocycles. The number of hydrogen-bond donors (Lipinski definition) is 1. The van der Waals surface area contributed by atoms with Crippen LogP contribution in [0.3, 0.4) is 0 Å². The van der Waals surface area contributed by atoms with Crippen LogP contribution in [0.15, 0.2) is 54.3 Å². The van der Waals surface area contributed by atoms with Crippen molar-refractivity contribution in [2.24, 2.45) is 5.92 Å². The van der Waals surface area contributed by atoms with Crippen molar-refractivity contribution in [1.82, 2.24) is 0 Å². The van der Waals surface area contributed by atoms with Gasteiger partial charge >= 0.3 is 5.97 Å². The molecule has 0 bridgehead atoms. The minimum atomic E-state index is -0.929. The number of hydrogen-bond acceptors (Lipinski definition) is 2. The minimum Gasteiger partial charge on any atom is -0.490 e. The van der Waals surface area contributed by atoms with Crippen LogP contribution in [-0.4, -0.2) is 17.2 Å². The van der Waals surface area contributed by atoms with E-state index in [0.717, 1.165) is 12.2 Å². The van der Waals surface area contributed by atoms with Gasteiger partial charge in [-0.3, -0.25) is 0 Å². The van der Waals surface area contributed by atoms with E-state index >= 15 is 0 Å². The zero-order valence-corrected chi connectivity index (χ0v) is 17.2. The summed E-state index contributed by atoms with van der Waals surface area (Å²) >= 11 is 0. The SMILES string of the molecule is CC1(C)CCC(C)(C)c2cc(C3C=CC=C4OC(C=CC(=O)O)CC43)ccc21. The first-order valence-electron chi connectivity index (χ1n) is 10.3. The molecule has 0 amide bonds. The lowest BCUT2D eigenvalue weighted by molar-refractivity contribution is -0.131. The summed E-state index contributed by atoms with van der Waals surface area (Å²) in [6, 6.07) is 7.06. The second-order valence-electron chi connectivity index (χ2n) is 9.75. The molecule has 4 rings (SSSR count). The third kappa shape index (κ3) is 3.32. The monoisotopic (exact) mass is 378 g/mol. The van der Waals surface area contributed by atoms with Gasteiger partial charge in [0.2, 0.25) is 0 Å². The van der Waals surface area contributed by atoms with E-state index in [9.17, 15) is 4.79 Å². The second kappa shape index (κ2) is 6.65. The Balaban J connectivity index is 1.66. The lowest BCUT2D eigenvalue weighted by Gasteiger charge is -2.42. The summed E-state index contributed by atoms with van der Waals surface area (Å²) < 4.78 is 6.01. The summed E-state index contributed by atoms with van der Waals surface area (Å²) in [5, 5.41) is 8.90. The quantitative estimate of drug-likeness (QED) is 0.695. The highest BCUT2D eigenvalue weighted by molar-refractivity contribution is 5.79. The largest absolute Gasteiger partial charge is 0.490 e. The number of ether oxygens (including phenoxy) is 1. The molecule has 1 heterocycles. The number of aliphatic carboxylic acids is 1. The van der Waals surface area contributed by atoms with Crippen LogP contribution in [0.5, 0.6) is 0 Å². The van der Waals surface area contributed by atoms with Gasteiger partial charge < -0.3 is 9.84 Å². The van der Waals surface area contributed by atoms with E-state index in [1.54, 1.807) is 6.08 Å². The Morgan fingerprint density at radius 1 is 1.14 bits per heavy atom. The van der Waals surface area contributed by atoms with Gasteiger partial charge in [0.05, 0.1) is 0 Å². The summed E-state index contributed by atoms with van der Waals surface area (Å²) in [6.45, 7) is 9.43. The average molecular weight is 379 g/mol. The van der Waals surface area contributed by atoms with Crippen LogP contribution in [0.2, 0.25) is 0 Å². The normalized spacial score (nSPS) is 29.7. The number of benzene rings is 1. The van der Waals surface area contributed by atoms with E-state index in [-0.39, 0.29) is 28.8 Å². The summed E-state index contributed by atoms with van der Waals surface area (Å²) in [6.07, 6.45) is 12.3. The summed E-state index contributed by atoms with van der Waals surface area (Å²) in [7, 11) is 0. The van der Waals surface area contributed by atoms with Crippen molar-refractivity contribution in [1.29, 1.82) is 0 Å². The Bertz CT molecular complexity index is 885. The number of carboxylic acid groups (broad SMARTS) is 1. The first kappa shape index (κ1) is 19.0. The molecule has 1 aromatic rings. The molecule has 3 atom stereocenters. The highest BCUT2D eigenvalue weighted by Gasteiger charge is 2.40. The van der Waals surface area contributed by atoms with Crippen molar-refractivity contribution in [3.63, 3.8) is 0 Å². The fraction of sp³-hybridized carbons (Fsp3) is 0.480. The molecule has 3 unspecified atom stereocenters. The predicted molar refractivity (Wildman–Crippen MR) is 111 cm³/mol. The lowest BCUT2D eigenvalue weighted by atomic mass is 9.62. The molecule has 1 fully saturated rings. The third-order valence-electron chi connectivity index (χ3n) is 6.87. The van der Waals surface area contributed by atoms with Gasteiger partial charge in [-0.25, -0.2) is 4.79 Å². The molecule has 2 aliphatic carbocycles. The van der Waals surface area contributed by atoms with Crippen molar-refractivity contribution < 1.29 is 14.6 Å². The molecule has 0 spiro atoms. The van der Waals surface area contributed by atoms with E-state index < -0.39 is 5.97 Å². The van der Waals surface area contributed by atoms with Crippen molar-refractivity contribution in [3.8, 4) is 0 Å². The first-order chi connectivity index (χ1) is 13.2. The molecule has 1 saturated heterocycles. The van der Waals surface area contributed by atoms with Crippen LogP contribution in [-0.2, 0) is 20.4 Å². The Morgan fingerprint density at radius 3 is 2.57 bits per heavy atom. The van der Waals surface area contributed by atoms with Crippen LogP contribution in [0.4, 0.5) is 0 Å². The predicted octanol–water partition coefficient (Wildman–Crippen LogP) is 5.62. The average Bonchev–Trinajstić information content (AvgIpc) is 3.07. The molecule has 148 valence electrons. The zero-order chi connectivity index (χ0) is 20.1. The topological polar surface area (TPSA) is 46.5 Å². The molecule has 1 aliphatic heterocycles. The molecule has 0 saturated carbocycles. The minimum absolute atomic E-state index is 0.164. The number of carboxylic acids is 1. The highest BCUT2D eigenvalue weighted by Crippen LogP contribution is 2.49. The number of fused-ring (bicyclic) bond motifs is 2. The third-order valence-corrected chi connectivity index (χ3v) is 6.87. The van der Waals surface area contributed by atoms with Gasteiger partial charge in [0, 0.05) is 17.9 Å². The summed E-state index contributed by atoms with van der Waals surface area (Å²) in [5.41, 5.74) is 4.71. The Kier molecular flexibility index (Phi) is 4.52. The molecule has 0 aromatic heterocycles. The van der Waals surface area contributed by atoms with Crippen LogP contribution in [0.1, 0.15) is 69.6 Å². The first-order valence-corrected chi connectivity index (χ1v) is 10.3. The lowest BCUT2D eigenvalue weighted by Crippen LogP contribution is -2.34. The van der Waals surface area contributed by atoms with Crippen LogP contribution >= 0.6 is 0 Å². The number of carbonyl (C=O) groups is 1. The molecule has 3 nitrogen and oxygen atoms in total. The van der Waals surface area contributed by atoms with Crippen LogP contribution < -0.4 is 0 Å². The van der Waals surface area contributed by atoms with Crippen molar-refractivity contribution in [2.75, 3.05) is 0 Å². The Hall–Kier alpha value is -2.29. The summed E-state index contributed by atoms with van der Waals surface area (Å²) in [5.74, 6) is 0.590. The van der Waals surface area contributed by atoms with E-state index in [4.69, 9.17) is 9.84 Å². The van der Waals surface area contributed by atoms with E-state index in [1.165, 1.54) is 35.6 Å². The number of allylic oxidation sites excluding steroid dienone is 4. The molecule has 3 aliphatic rings. The van der Waals surface area contributed by atoms with Crippen LogP contribution in [0, 0.1) is 5.92 Å². The van der Waals surface area contributed by atoms with E-state index in [2.05, 4.69) is 58.0 Å². The van der Waals surface area contributed by atoms with E-state index in [1.807, 2.05) is 6.08 Å². The Morgan fingerprint density at radius 2 is 1.86 bits per heavy atom. The number of rotatable bonds is 3. The fourth-order valence-electron chi connectivity index (χ4n) is 5.03. The van der Waals surface area contributed by atoms with Gasteiger partial charge in [-0.15, -0.1) is 0 Å². The van der Waals surface area contributed by atoms with Gasteiger partial charge in [0.25, 0.3) is 0 Å². The van der Waals surface area contributed by atoms with Gasteiger partial charge in [-0.2, -0.15) is 0 Å². The standard InChI is InChI=1S/C25H30O3/c1-24(2)12-13-25(3,4)21-14-16(8-10-20(21)24)18-6-5-7-22-19(18)15-17(28-22)9-11-23(26)27/h5-11,14,17-19H,12-13,15H2,1-4H3,(H,26,27). The highest BCUT2D eigenvalue weighted by atomic mass is 16.5. The smallest absolute Gasteiger partial charge is 0.328 e. The molecular weight excluding hydrogens is 348 g/mol. The second-order valence-corrected chi connectivity index (χ2v) is 9.75. The van der Waals surface area contributed by atoms with Crippen molar-refractivity contribution in [3.05, 3.63) is 71.0 Å². The molecular formula is C25H30O3. The summed E-state index contributed by atoms with van der Waals surface area (Å²) in [4.78, 5) is 10.8. The molecule has 28 heavy (non-hydrogen) atoms. The maximum atomic E-state index is 10.8. The van der Waals surface area contributed by atoms with E-state index in [0.29, 0.717) is 0 Å². The Labute approximate surface area is 167 Å². The zero-order valence-electron chi connectivity index (χ0n) is 17.2. The molecule has 3 heteroatoms. The van der Waals surface area contributed by atoms with Crippen molar-refractivity contribution >= 4 is 5.97 Å². The maximum absolute atomic E-state index is 10.8. The van der Waals surface area contributed by atoms with Gasteiger partial charge in [-0.05, 0) is 58.9 Å². The van der Waals surface area contributed by atoms with Gasteiger partial charge in [-0.1, -0.05) is 58.0 Å². The van der Waals surface area contributed by atoms with Crippen molar-refractivity contribution in [2.45, 2.75) is 69.8 Å². The maximum Gasteiger partial charge on any atom is 0.328 e. The van der Waals surface area contributed by atoms with Crippen LogP contribution in [0.25, 0.3) is 0 Å². The molecule has 1 N–H and O–H groups in total. The van der Waals surface area contributed by atoms with Gasteiger partial charge in [0.1, 0.15) is 11.9 Å². The molecule has 0 radical (unpaired) electrons. The van der Waals surface area contributed by atoms with Gasteiger partial charge in [0.15, 0.2) is 0 Å². The fourth-order valence-corrected chi connectivity index (χ4v) is 5.03.